The normalized spacial score (nSPS) is 10.8. The Morgan fingerprint density at radius 2 is 2.16 bits per heavy atom. The lowest BCUT2D eigenvalue weighted by Gasteiger charge is -1.97. The van der Waals surface area contributed by atoms with Crippen molar-refractivity contribution in [2.45, 2.75) is 6.42 Å². The molecule has 0 saturated heterocycles. The summed E-state index contributed by atoms with van der Waals surface area (Å²) in [5.41, 5.74) is 1.59. The van der Waals surface area contributed by atoms with Crippen molar-refractivity contribution >= 4 is 32.7 Å². The van der Waals surface area contributed by atoms with Crippen LogP contribution in [0.2, 0.25) is 0 Å². The van der Waals surface area contributed by atoms with Gasteiger partial charge >= 0.3 is 0 Å². The third-order valence-corrected chi connectivity index (χ3v) is 3.48. The fraction of sp³-hybridized carbons (Fsp3) is 0.0667. The molecule has 0 aliphatic rings. The monoisotopic (exact) mass is 315 g/mol. The van der Waals surface area contributed by atoms with E-state index in [9.17, 15) is 4.79 Å². The number of fused-ring (bicyclic) bond motifs is 1. The van der Waals surface area contributed by atoms with Crippen molar-refractivity contribution in [2.75, 3.05) is 0 Å². The number of rotatable bonds is 3. The molecule has 0 spiro atoms. The zero-order valence-corrected chi connectivity index (χ0v) is 11.6. The SMILES string of the molecule is O=C(Cc1cccnc1)c1cc2cccc(Br)c2o1. The number of nitrogens with zero attached hydrogens (tertiary/aromatic N) is 1. The molecule has 0 fully saturated rings. The Morgan fingerprint density at radius 1 is 1.26 bits per heavy atom. The zero-order chi connectivity index (χ0) is 13.2. The van der Waals surface area contributed by atoms with Crippen molar-refractivity contribution in [3.8, 4) is 0 Å². The van der Waals surface area contributed by atoms with Crippen molar-refractivity contribution in [1.82, 2.24) is 4.98 Å². The van der Waals surface area contributed by atoms with Crippen LogP contribution in [-0.4, -0.2) is 10.8 Å². The number of ketones is 1. The Balaban J connectivity index is 1.92. The van der Waals surface area contributed by atoms with Gasteiger partial charge in [-0.2, -0.15) is 0 Å². The predicted molar refractivity (Wildman–Crippen MR) is 76.2 cm³/mol. The van der Waals surface area contributed by atoms with E-state index in [0.29, 0.717) is 17.8 Å². The second-order valence-corrected chi connectivity index (χ2v) is 5.08. The molecule has 0 aliphatic carbocycles. The third kappa shape index (κ3) is 2.44. The average molecular weight is 316 g/mol. The standard InChI is InChI=1S/C15H10BrNO2/c16-12-5-1-4-11-8-14(19-15(11)12)13(18)7-10-3-2-6-17-9-10/h1-6,8-9H,7H2. The highest BCUT2D eigenvalue weighted by Gasteiger charge is 2.14. The second-order valence-electron chi connectivity index (χ2n) is 4.23. The fourth-order valence-corrected chi connectivity index (χ4v) is 2.40. The molecule has 3 rings (SSSR count). The number of carbonyl (C=O) groups is 1. The lowest BCUT2D eigenvalue weighted by Crippen LogP contribution is -2.01. The van der Waals surface area contributed by atoms with Crippen LogP contribution in [0.3, 0.4) is 0 Å². The first-order chi connectivity index (χ1) is 9.24. The number of aromatic nitrogens is 1. The summed E-state index contributed by atoms with van der Waals surface area (Å²) in [5.74, 6) is 0.335. The molecule has 0 radical (unpaired) electrons. The number of Topliss-reactive ketones (excluding diaryl/α,β-unsaturated/α-hetero) is 1. The highest BCUT2D eigenvalue weighted by molar-refractivity contribution is 9.10. The van der Waals surface area contributed by atoms with Crippen molar-refractivity contribution in [3.63, 3.8) is 0 Å². The average Bonchev–Trinajstić information content (AvgIpc) is 2.85. The van der Waals surface area contributed by atoms with Crippen molar-refractivity contribution in [1.29, 1.82) is 0 Å². The number of pyridine rings is 1. The molecule has 0 unspecified atom stereocenters. The lowest BCUT2D eigenvalue weighted by molar-refractivity contribution is 0.0968. The summed E-state index contributed by atoms with van der Waals surface area (Å²) >= 11 is 3.41. The minimum Gasteiger partial charge on any atom is -0.452 e. The summed E-state index contributed by atoms with van der Waals surface area (Å²) in [5, 5.41) is 0.920. The maximum absolute atomic E-state index is 12.2. The van der Waals surface area contributed by atoms with Crippen LogP contribution in [-0.2, 0) is 6.42 Å². The molecule has 3 nitrogen and oxygen atoms in total. The van der Waals surface area contributed by atoms with Crippen LogP contribution in [0.5, 0.6) is 0 Å². The number of para-hydroxylation sites is 1. The van der Waals surface area contributed by atoms with E-state index in [1.807, 2.05) is 30.3 Å². The molecule has 0 aliphatic heterocycles. The summed E-state index contributed by atoms with van der Waals surface area (Å²) < 4.78 is 6.47. The molecule has 0 amide bonds. The van der Waals surface area contributed by atoms with Crippen LogP contribution in [0.1, 0.15) is 16.1 Å². The van der Waals surface area contributed by atoms with Gasteiger partial charge in [-0.1, -0.05) is 18.2 Å². The van der Waals surface area contributed by atoms with E-state index in [1.165, 1.54) is 0 Å². The van der Waals surface area contributed by atoms with Crippen LogP contribution in [0.25, 0.3) is 11.0 Å². The van der Waals surface area contributed by atoms with Gasteiger partial charge < -0.3 is 4.42 Å². The fourth-order valence-electron chi connectivity index (χ4n) is 1.94. The minimum atomic E-state index is -0.0453. The summed E-state index contributed by atoms with van der Waals surface area (Å²) in [6, 6.07) is 11.2. The number of hydrogen-bond donors (Lipinski definition) is 0. The highest BCUT2D eigenvalue weighted by Crippen LogP contribution is 2.27. The summed E-state index contributed by atoms with van der Waals surface area (Å²) in [6.45, 7) is 0. The van der Waals surface area contributed by atoms with E-state index >= 15 is 0 Å². The number of benzene rings is 1. The smallest absolute Gasteiger partial charge is 0.202 e. The largest absolute Gasteiger partial charge is 0.452 e. The Bertz CT molecular complexity index is 734. The number of carbonyl (C=O) groups excluding carboxylic acids is 1. The molecule has 2 aromatic heterocycles. The van der Waals surface area contributed by atoms with Crippen LogP contribution < -0.4 is 0 Å². The molecule has 0 saturated carbocycles. The molecule has 4 heteroatoms. The van der Waals surface area contributed by atoms with E-state index in [2.05, 4.69) is 20.9 Å². The van der Waals surface area contributed by atoms with E-state index in [-0.39, 0.29) is 5.78 Å². The van der Waals surface area contributed by atoms with E-state index in [1.54, 1.807) is 18.5 Å². The van der Waals surface area contributed by atoms with Crippen LogP contribution in [0, 0.1) is 0 Å². The third-order valence-electron chi connectivity index (χ3n) is 2.86. The quantitative estimate of drug-likeness (QED) is 0.686. The molecule has 94 valence electrons. The van der Waals surface area contributed by atoms with Gasteiger partial charge in [0, 0.05) is 24.2 Å². The van der Waals surface area contributed by atoms with Gasteiger partial charge in [-0.05, 0) is 39.7 Å². The Labute approximate surface area is 118 Å². The van der Waals surface area contributed by atoms with Gasteiger partial charge in [-0.15, -0.1) is 0 Å². The van der Waals surface area contributed by atoms with Gasteiger partial charge in [0.05, 0.1) is 4.47 Å². The first kappa shape index (κ1) is 12.1. The Morgan fingerprint density at radius 3 is 2.89 bits per heavy atom. The van der Waals surface area contributed by atoms with E-state index in [0.717, 1.165) is 15.4 Å². The van der Waals surface area contributed by atoms with Gasteiger partial charge in [-0.3, -0.25) is 9.78 Å². The van der Waals surface area contributed by atoms with Gasteiger partial charge in [0.15, 0.2) is 5.76 Å². The molecule has 0 bridgehead atoms. The zero-order valence-electron chi connectivity index (χ0n) is 9.97. The number of hydrogen-bond acceptors (Lipinski definition) is 3. The minimum absolute atomic E-state index is 0.0453. The van der Waals surface area contributed by atoms with Crippen molar-refractivity contribution < 1.29 is 9.21 Å². The van der Waals surface area contributed by atoms with E-state index < -0.39 is 0 Å². The van der Waals surface area contributed by atoms with Crippen molar-refractivity contribution in [3.05, 3.63) is 64.6 Å². The lowest BCUT2D eigenvalue weighted by atomic mass is 10.1. The van der Waals surface area contributed by atoms with Gasteiger partial charge in [0.1, 0.15) is 5.58 Å². The molecule has 0 N–H and O–H groups in total. The summed E-state index contributed by atoms with van der Waals surface area (Å²) in [4.78, 5) is 16.2. The van der Waals surface area contributed by atoms with Gasteiger partial charge in [-0.25, -0.2) is 0 Å². The molecular weight excluding hydrogens is 306 g/mol. The molecule has 19 heavy (non-hydrogen) atoms. The predicted octanol–water partition coefficient (Wildman–Crippen LogP) is 4.02. The maximum Gasteiger partial charge on any atom is 0.202 e. The Hall–Kier alpha value is -1.94. The van der Waals surface area contributed by atoms with E-state index in [4.69, 9.17) is 4.42 Å². The summed E-state index contributed by atoms with van der Waals surface area (Å²) in [6.07, 6.45) is 3.67. The second kappa shape index (κ2) is 4.97. The maximum atomic E-state index is 12.2. The van der Waals surface area contributed by atoms with Crippen LogP contribution >= 0.6 is 15.9 Å². The molecular formula is C15H10BrNO2. The number of furan rings is 1. The molecule has 3 aromatic rings. The first-order valence-corrected chi connectivity index (χ1v) is 6.63. The van der Waals surface area contributed by atoms with Gasteiger partial charge in [0.25, 0.3) is 0 Å². The Kier molecular flexibility index (Phi) is 3.17. The van der Waals surface area contributed by atoms with Crippen molar-refractivity contribution in [2.24, 2.45) is 0 Å². The topological polar surface area (TPSA) is 43.1 Å². The molecule has 1 aromatic carbocycles. The number of halogens is 1. The molecule has 0 atom stereocenters. The summed E-state index contributed by atoms with van der Waals surface area (Å²) in [7, 11) is 0. The molecule has 2 heterocycles. The highest BCUT2D eigenvalue weighted by atomic mass is 79.9. The van der Waals surface area contributed by atoms with Gasteiger partial charge in [0.2, 0.25) is 5.78 Å². The first-order valence-electron chi connectivity index (χ1n) is 5.84. The van der Waals surface area contributed by atoms with Crippen LogP contribution in [0.4, 0.5) is 0 Å². The van der Waals surface area contributed by atoms with Crippen LogP contribution in [0.15, 0.2) is 57.7 Å².